The molecule has 4 rings (SSSR count). The molecular formula is C26H30N4O. The summed E-state index contributed by atoms with van der Waals surface area (Å²) in [5, 5.41) is 2.99. The Kier molecular flexibility index (Phi) is 7.42. The van der Waals surface area contributed by atoms with Gasteiger partial charge in [0.2, 0.25) is 0 Å². The van der Waals surface area contributed by atoms with Gasteiger partial charge in [0.25, 0.3) is 5.91 Å². The number of nitrogens with zero attached hydrogens (tertiary/aromatic N) is 3. The van der Waals surface area contributed by atoms with E-state index >= 15 is 0 Å². The van der Waals surface area contributed by atoms with Crippen LogP contribution in [0.25, 0.3) is 0 Å². The lowest BCUT2D eigenvalue weighted by Crippen LogP contribution is -2.48. The summed E-state index contributed by atoms with van der Waals surface area (Å²) in [6, 6.07) is 25.5. The maximum Gasteiger partial charge on any atom is 0.252 e. The molecule has 1 N–H and O–H groups in total. The zero-order chi connectivity index (χ0) is 21.3. The van der Waals surface area contributed by atoms with E-state index in [4.69, 9.17) is 0 Å². The monoisotopic (exact) mass is 414 g/mol. The van der Waals surface area contributed by atoms with Crippen LogP contribution in [0.2, 0.25) is 0 Å². The van der Waals surface area contributed by atoms with E-state index < -0.39 is 0 Å². The van der Waals surface area contributed by atoms with Crippen molar-refractivity contribution in [3.63, 3.8) is 0 Å². The van der Waals surface area contributed by atoms with E-state index in [1.165, 1.54) is 11.1 Å². The second kappa shape index (κ2) is 10.8. The van der Waals surface area contributed by atoms with Crippen molar-refractivity contribution in [2.45, 2.75) is 12.5 Å². The SMILES string of the molecule is O=C(NCCCN1CCN(C(c2ccccc2)c2ccccc2)CC1)c1cccnc1. The maximum absolute atomic E-state index is 12.1. The number of aromatic nitrogens is 1. The third kappa shape index (κ3) is 5.78. The van der Waals surface area contributed by atoms with E-state index in [1.807, 2.05) is 0 Å². The molecule has 1 amide bonds. The fourth-order valence-electron chi connectivity index (χ4n) is 4.23. The third-order valence-electron chi connectivity index (χ3n) is 5.86. The maximum atomic E-state index is 12.1. The summed E-state index contributed by atoms with van der Waals surface area (Å²) in [5.74, 6) is -0.0496. The van der Waals surface area contributed by atoms with Crippen molar-refractivity contribution in [2.24, 2.45) is 0 Å². The van der Waals surface area contributed by atoms with Gasteiger partial charge in [-0.3, -0.25) is 14.7 Å². The summed E-state index contributed by atoms with van der Waals surface area (Å²) in [7, 11) is 0. The molecule has 1 saturated heterocycles. The third-order valence-corrected chi connectivity index (χ3v) is 5.86. The van der Waals surface area contributed by atoms with E-state index in [2.05, 4.69) is 80.8 Å². The number of amides is 1. The number of carbonyl (C=O) groups is 1. The molecule has 0 aliphatic carbocycles. The Morgan fingerprint density at radius 2 is 1.52 bits per heavy atom. The van der Waals surface area contributed by atoms with Gasteiger partial charge in [0.1, 0.15) is 0 Å². The van der Waals surface area contributed by atoms with Crippen LogP contribution in [-0.4, -0.2) is 60.0 Å². The van der Waals surface area contributed by atoms with Gasteiger partial charge in [-0.1, -0.05) is 60.7 Å². The number of benzene rings is 2. The highest BCUT2D eigenvalue weighted by Crippen LogP contribution is 2.29. The predicted octanol–water partition coefficient (Wildman–Crippen LogP) is 3.61. The van der Waals surface area contributed by atoms with Crippen LogP contribution in [0.5, 0.6) is 0 Å². The number of rotatable bonds is 8. The Morgan fingerprint density at radius 3 is 2.10 bits per heavy atom. The molecule has 0 spiro atoms. The highest BCUT2D eigenvalue weighted by Gasteiger charge is 2.26. The van der Waals surface area contributed by atoms with E-state index in [0.29, 0.717) is 18.2 Å². The lowest BCUT2D eigenvalue weighted by molar-refractivity contribution is 0.0941. The van der Waals surface area contributed by atoms with E-state index in [0.717, 1.165) is 39.1 Å². The molecule has 5 nitrogen and oxygen atoms in total. The van der Waals surface area contributed by atoms with Gasteiger partial charge in [-0.25, -0.2) is 0 Å². The topological polar surface area (TPSA) is 48.5 Å². The minimum absolute atomic E-state index is 0.0496. The Morgan fingerprint density at radius 1 is 0.871 bits per heavy atom. The molecule has 1 fully saturated rings. The molecule has 0 bridgehead atoms. The summed E-state index contributed by atoms with van der Waals surface area (Å²) in [6.07, 6.45) is 4.23. The van der Waals surface area contributed by atoms with Crippen LogP contribution < -0.4 is 5.32 Å². The van der Waals surface area contributed by atoms with Gasteiger partial charge >= 0.3 is 0 Å². The van der Waals surface area contributed by atoms with Crippen molar-refractivity contribution in [1.82, 2.24) is 20.1 Å². The average molecular weight is 415 g/mol. The first-order chi connectivity index (χ1) is 15.3. The highest BCUT2D eigenvalue weighted by atomic mass is 16.1. The molecule has 3 aromatic rings. The minimum atomic E-state index is -0.0496. The largest absolute Gasteiger partial charge is 0.352 e. The van der Waals surface area contributed by atoms with Crippen molar-refractivity contribution in [1.29, 1.82) is 0 Å². The van der Waals surface area contributed by atoms with Crippen LogP contribution >= 0.6 is 0 Å². The first-order valence-corrected chi connectivity index (χ1v) is 11.1. The summed E-state index contributed by atoms with van der Waals surface area (Å²) in [6.45, 7) is 5.86. The Labute approximate surface area is 184 Å². The zero-order valence-corrected chi connectivity index (χ0v) is 17.9. The van der Waals surface area contributed by atoms with Crippen molar-refractivity contribution < 1.29 is 4.79 Å². The molecule has 0 saturated carbocycles. The second-order valence-electron chi connectivity index (χ2n) is 7.95. The van der Waals surface area contributed by atoms with Gasteiger partial charge in [0.05, 0.1) is 11.6 Å². The molecular weight excluding hydrogens is 384 g/mol. The van der Waals surface area contributed by atoms with Crippen LogP contribution in [0.4, 0.5) is 0 Å². The van der Waals surface area contributed by atoms with Gasteiger partial charge < -0.3 is 10.2 Å². The number of hydrogen-bond donors (Lipinski definition) is 1. The number of hydrogen-bond acceptors (Lipinski definition) is 4. The number of nitrogens with one attached hydrogen (secondary N) is 1. The standard InChI is InChI=1S/C26H30N4O/c31-26(24-13-7-14-27-21-24)28-15-8-16-29-17-19-30(20-18-29)25(22-9-3-1-4-10-22)23-11-5-2-6-12-23/h1-7,9-14,21,25H,8,15-20H2,(H,28,31). The molecule has 1 aliphatic rings. The van der Waals surface area contributed by atoms with Crippen LogP contribution in [0, 0.1) is 0 Å². The molecule has 2 heterocycles. The molecule has 5 heteroatoms. The summed E-state index contributed by atoms with van der Waals surface area (Å²) in [4.78, 5) is 21.2. The van der Waals surface area contributed by atoms with Gasteiger partial charge in [0, 0.05) is 45.1 Å². The van der Waals surface area contributed by atoms with Crippen molar-refractivity contribution in [2.75, 3.05) is 39.3 Å². The zero-order valence-electron chi connectivity index (χ0n) is 17.9. The molecule has 160 valence electrons. The lowest BCUT2D eigenvalue weighted by atomic mass is 9.96. The molecule has 0 atom stereocenters. The Balaban J connectivity index is 1.27. The van der Waals surface area contributed by atoms with Crippen LogP contribution in [0.15, 0.2) is 85.2 Å². The van der Waals surface area contributed by atoms with E-state index in [9.17, 15) is 4.79 Å². The second-order valence-corrected chi connectivity index (χ2v) is 7.95. The quantitative estimate of drug-likeness (QED) is 0.572. The fraction of sp³-hybridized carbons (Fsp3) is 0.308. The van der Waals surface area contributed by atoms with Gasteiger partial charge in [-0.05, 0) is 36.2 Å². The van der Waals surface area contributed by atoms with Crippen LogP contribution in [-0.2, 0) is 0 Å². The highest BCUT2D eigenvalue weighted by molar-refractivity contribution is 5.93. The predicted molar refractivity (Wildman–Crippen MR) is 124 cm³/mol. The summed E-state index contributed by atoms with van der Waals surface area (Å²) >= 11 is 0. The number of carbonyl (C=O) groups excluding carboxylic acids is 1. The summed E-state index contributed by atoms with van der Waals surface area (Å²) in [5.41, 5.74) is 3.31. The van der Waals surface area contributed by atoms with Gasteiger partial charge in [-0.15, -0.1) is 0 Å². The summed E-state index contributed by atoms with van der Waals surface area (Å²) < 4.78 is 0. The molecule has 31 heavy (non-hydrogen) atoms. The Bertz CT molecular complexity index is 886. The Hall–Kier alpha value is -3.02. The fourth-order valence-corrected chi connectivity index (χ4v) is 4.23. The molecule has 1 aliphatic heterocycles. The van der Waals surface area contributed by atoms with Gasteiger partial charge in [0.15, 0.2) is 0 Å². The van der Waals surface area contributed by atoms with Crippen molar-refractivity contribution >= 4 is 5.91 Å². The van der Waals surface area contributed by atoms with Crippen LogP contribution in [0.3, 0.4) is 0 Å². The van der Waals surface area contributed by atoms with Crippen molar-refractivity contribution in [3.05, 3.63) is 102 Å². The van der Waals surface area contributed by atoms with Crippen LogP contribution in [0.1, 0.15) is 33.9 Å². The average Bonchev–Trinajstić information content (AvgIpc) is 2.85. The molecule has 1 aromatic heterocycles. The number of piperazine rings is 1. The normalized spacial score (nSPS) is 15.1. The van der Waals surface area contributed by atoms with Gasteiger partial charge in [-0.2, -0.15) is 0 Å². The minimum Gasteiger partial charge on any atom is -0.352 e. The van der Waals surface area contributed by atoms with E-state index in [-0.39, 0.29) is 5.91 Å². The molecule has 0 unspecified atom stereocenters. The smallest absolute Gasteiger partial charge is 0.252 e. The lowest BCUT2D eigenvalue weighted by Gasteiger charge is -2.39. The number of pyridine rings is 1. The van der Waals surface area contributed by atoms with Crippen molar-refractivity contribution in [3.8, 4) is 0 Å². The molecule has 2 aromatic carbocycles. The van der Waals surface area contributed by atoms with E-state index in [1.54, 1.807) is 24.5 Å². The molecule has 0 radical (unpaired) electrons. The first kappa shape index (κ1) is 21.2. The first-order valence-electron chi connectivity index (χ1n) is 11.1.